The normalized spacial score (nSPS) is 21.3. The molecule has 130 valence electrons. The molecule has 0 radical (unpaired) electrons. The molecule has 0 spiro atoms. The highest BCUT2D eigenvalue weighted by molar-refractivity contribution is 5.78. The number of rotatable bonds is 5. The van der Waals surface area contributed by atoms with Crippen LogP contribution in [0.1, 0.15) is 38.5 Å². The average Bonchev–Trinajstić information content (AvgIpc) is 3.00. The summed E-state index contributed by atoms with van der Waals surface area (Å²) in [5, 5.41) is 0. The van der Waals surface area contributed by atoms with E-state index in [0.29, 0.717) is 6.42 Å². The maximum Gasteiger partial charge on any atom is 0.242 e. The molecule has 2 fully saturated rings. The van der Waals surface area contributed by atoms with Gasteiger partial charge in [0.1, 0.15) is 6.54 Å². The van der Waals surface area contributed by atoms with Crippen molar-refractivity contribution in [3.63, 3.8) is 0 Å². The largest absolute Gasteiger partial charge is 0.345 e. The summed E-state index contributed by atoms with van der Waals surface area (Å²) in [6.45, 7) is 2.67. The molecule has 2 amide bonds. The van der Waals surface area contributed by atoms with Crippen molar-refractivity contribution in [2.75, 3.05) is 19.6 Å². The van der Waals surface area contributed by atoms with E-state index in [1.807, 2.05) is 9.80 Å². The second-order valence-corrected chi connectivity index (χ2v) is 6.72. The Morgan fingerprint density at radius 1 is 1.08 bits per heavy atom. The number of aromatic nitrogens is 1. The van der Waals surface area contributed by atoms with E-state index in [4.69, 9.17) is 0 Å². The van der Waals surface area contributed by atoms with Gasteiger partial charge in [0.2, 0.25) is 11.8 Å². The van der Waals surface area contributed by atoms with Crippen LogP contribution in [0.15, 0.2) is 29.3 Å². The van der Waals surface area contributed by atoms with E-state index < -0.39 is 0 Å². The quantitative estimate of drug-likeness (QED) is 0.815. The fraction of sp³-hybridized carbons (Fsp3) is 0.611. The van der Waals surface area contributed by atoms with Gasteiger partial charge in [0.05, 0.1) is 0 Å². The number of hydrogen-bond acceptors (Lipinski definition) is 3. The van der Waals surface area contributed by atoms with Gasteiger partial charge in [-0.25, -0.2) is 0 Å². The number of nitrogens with zero attached hydrogens (tertiary/aromatic N) is 3. The van der Waals surface area contributed by atoms with Crippen LogP contribution in [0.25, 0.3) is 0 Å². The van der Waals surface area contributed by atoms with Gasteiger partial charge in [0, 0.05) is 56.6 Å². The summed E-state index contributed by atoms with van der Waals surface area (Å²) in [5.74, 6) is 0.341. The van der Waals surface area contributed by atoms with Crippen LogP contribution in [0.4, 0.5) is 0 Å². The lowest BCUT2D eigenvalue weighted by Crippen LogP contribution is -2.46. The van der Waals surface area contributed by atoms with Crippen LogP contribution < -0.4 is 5.43 Å². The Labute approximate surface area is 142 Å². The first-order valence-electron chi connectivity index (χ1n) is 8.87. The summed E-state index contributed by atoms with van der Waals surface area (Å²) in [7, 11) is 0. The predicted octanol–water partition coefficient (Wildman–Crippen LogP) is 1.24. The van der Waals surface area contributed by atoms with E-state index >= 15 is 0 Å². The molecule has 1 aromatic rings. The van der Waals surface area contributed by atoms with Crippen LogP contribution in [0.3, 0.4) is 0 Å². The maximum atomic E-state index is 12.7. The van der Waals surface area contributed by atoms with E-state index in [1.165, 1.54) is 12.1 Å². The van der Waals surface area contributed by atoms with Gasteiger partial charge in [0.15, 0.2) is 5.43 Å². The van der Waals surface area contributed by atoms with Gasteiger partial charge in [0.25, 0.3) is 0 Å². The Bertz CT molecular complexity index is 635. The first kappa shape index (κ1) is 16.7. The number of likely N-dealkylation sites (tertiary alicyclic amines) is 2. The molecule has 1 aromatic heterocycles. The molecule has 3 rings (SSSR count). The minimum absolute atomic E-state index is 0.0511. The third-order valence-electron chi connectivity index (χ3n) is 5.03. The highest BCUT2D eigenvalue weighted by Gasteiger charge is 2.28. The van der Waals surface area contributed by atoms with Gasteiger partial charge < -0.3 is 14.4 Å². The smallest absolute Gasteiger partial charge is 0.242 e. The standard InChI is InChI=1S/C18H25N3O3/c22-16-7-11-19(12-8-16)14-18(24)21-10-2-1-4-15(21)6-13-20-9-3-5-17(20)23/h7-8,11-12,15H,1-6,9-10,13-14H2/t15-/m1/s1. The van der Waals surface area contributed by atoms with Gasteiger partial charge in [-0.3, -0.25) is 14.4 Å². The Kier molecular flexibility index (Phi) is 5.33. The van der Waals surface area contributed by atoms with Crippen LogP contribution in [-0.4, -0.2) is 51.9 Å². The lowest BCUT2D eigenvalue weighted by atomic mass is 9.99. The number of amides is 2. The molecule has 3 heterocycles. The van der Waals surface area contributed by atoms with Crippen molar-refractivity contribution >= 4 is 11.8 Å². The zero-order valence-electron chi connectivity index (χ0n) is 14.0. The summed E-state index contributed by atoms with van der Waals surface area (Å²) >= 11 is 0. The highest BCUT2D eigenvalue weighted by atomic mass is 16.2. The molecule has 0 aromatic carbocycles. The Balaban J connectivity index is 1.58. The van der Waals surface area contributed by atoms with E-state index in [2.05, 4.69) is 0 Å². The fourth-order valence-corrected chi connectivity index (χ4v) is 3.67. The molecule has 0 N–H and O–H groups in total. The summed E-state index contributed by atoms with van der Waals surface area (Å²) < 4.78 is 1.75. The van der Waals surface area contributed by atoms with Gasteiger partial charge in [-0.2, -0.15) is 0 Å². The molecule has 0 unspecified atom stereocenters. The van der Waals surface area contributed by atoms with E-state index in [1.54, 1.807) is 17.0 Å². The lowest BCUT2D eigenvalue weighted by Gasteiger charge is -2.37. The van der Waals surface area contributed by atoms with Gasteiger partial charge in [-0.05, 0) is 32.1 Å². The van der Waals surface area contributed by atoms with Crippen LogP contribution in [-0.2, 0) is 16.1 Å². The van der Waals surface area contributed by atoms with Crippen molar-refractivity contribution in [1.29, 1.82) is 0 Å². The van der Waals surface area contributed by atoms with Gasteiger partial charge >= 0.3 is 0 Å². The molecule has 2 saturated heterocycles. The molecular weight excluding hydrogens is 306 g/mol. The summed E-state index contributed by atoms with van der Waals surface area (Å²) in [4.78, 5) is 39.5. The Morgan fingerprint density at radius 3 is 2.58 bits per heavy atom. The molecule has 2 aliphatic rings. The molecular formula is C18H25N3O3. The predicted molar refractivity (Wildman–Crippen MR) is 90.5 cm³/mol. The Morgan fingerprint density at radius 2 is 1.88 bits per heavy atom. The molecule has 0 bridgehead atoms. The van der Waals surface area contributed by atoms with Crippen molar-refractivity contribution in [2.24, 2.45) is 0 Å². The summed E-state index contributed by atoms with van der Waals surface area (Å²) in [5.41, 5.74) is -0.0511. The van der Waals surface area contributed by atoms with Gasteiger partial charge in [-0.15, -0.1) is 0 Å². The van der Waals surface area contributed by atoms with Crippen molar-refractivity contribution in [3.8, 4) is 0 Å². The van der Waals surface area contributed by atoms with E-state index in [0.717, 1.165) is 51.7 Å². The van der Waals surface area contributed by atoms with Crippen molar-refractivity contribution in [3.05, 3.63) is 34.7 Å². The Hall–Kier alpha value is -2.11. The van der Waals surface area contributed by atoms with E-state index in [9.17, 15) is 14.4 Å². The van der Waals surface area contributed by atoms with Crippen molar-refractivity contribution in [2.45, 2.75) is 51.1 Å². The maximum absolute atomic E-state index is 12.7. The third kappa shape index (κ3) is 4.04. The monoisotopic (exact) mass is 331 g/mol. The molecule has 24 heavy (non-hydrogen) atoms. The van der Waals surface area contributed by atoms with E-state index in [-0.39, 0.29) is 29.8 Å². The topological polar surface area (TPSA) is 62.6 Å². The zero-order valence-corrected chi connectivity index (χ0v) is 14.0. The summed E-state index contributed by atoms with van der Waals surface area (Å²) in [6.07, 6.45) is 8.98. The fourth-order valence-electron chi connectivity index (χ4n) is 3.67. The molecule has 2 aliphatic heterocycles. The molecule has 6 nitrogen and oxygen atoms in total. The number of hydrogen-bond donors (Lipinski definition) is 0. The van der Waals surface area contributed by atoms with Crippen LogP contribution in [0.5, 0.6) is 0 Å². The second-order valence-electron chi connectivity index (χ2n) is 6.72. The van der Waals surface area contributed by atoms with Crippen molar-refractivity contribution in [1.82, 2.24) is 14.4 Å². The number of carbonyl (C=O) groups is 2. The number of carbonyl (C=O) groups excluding carboxylic acids is 2. The minimum atomic E-state index is -0.0511. The van der Waals surface area contributed by atoms with Crippen LogP contribution >= 0.6 is 0 Å². The first-order valence-corrected chi connectivity index (χ1v) is 8.87. The third-order valence-corrected chi connectivity index (χ3v) is 5.03. The second kappa shape index (κ2) is 7.64. The number of pyridine rings is 1. The minimum Gasteiger partial charge on any atom is -0.345 e. The first-order chi connectivity index (χ1) is 11.6. The summed E-state index contributed by atoms with van der Waals surface area (Å²) in [6, 6.07) is 3.17. The highest BCUT2D eigenvalue weighted by Crippen LogP contribution is 2.21. The van der Waals surface area contributed by atoms with Gasteiger partial charge in [-0.1, -0.05) is 0 Å². The number of piperidine rings is 1. The molecule has 0 aliphatic carbocycles. The SMILES string of the molecule is O=C1CCCN1CC[C@H]1CCCCN1C(=O)Cn1ccc(=O)cc1. The molecule has 6 heteroatoms. The zero-order chi connectivity index (χ0) is 16.9. The van der Waals surface area contributed by atoms with Crippen molar-refractivity contribution < 1.29 is 9.59 Å². The molecule has 1 atom stereocenters. The lowest BCUT2D eigenvalue weighted by molar-refractivity contribution is -0.135. The van der Waals surface area contributed by atoms with Crippen LogP contribution in [0, 0.1) is 0 Å². The molecule has 0 saturated carbocycles. The van der Waals surface area contributed by atoms with Crippen LogP contribution in [0.2, 0.25) is 0 Å². The average molecular weight is 331 g/mol.